The van der Waals surface area contributed by atoms with Crippen molar-refractivity contribution in [3.05, 3.63) is 59.1 Å². The zero-order valence-corrected chi connectivity index (χ0v) is 18.7. The number of halogens is 1. The maximum absolute atomic E-state index is 12.7. The van der Waals surface area contributed by atoms with Crippen LogP contribution in [-0.2, 0) is 19.6 Å². The zero-order valence-electron chi connectivity index (χ0n) is 17.2. The minimum absolute atomic E-state index is 0.0429. The van der Waals surface area contributed by atoms with Crippen LogP contribution >= 0.6 is 11.6 Å². The molecule has 0 aliphatic heterocycles. The standard InChI is InChI=1S/C21H25ClN2O5S/c1-4-23(5-2)30(27,28)17-12-13-19(22)18(14-17)21(26)29-15-20(25)24(6-3)16-10-8-7-9-11-16/h7-14H,4-6,15H2,1-3H3. The number of hydrogen-bond acceptors (Lipinski definition) is 5. The molecular formula is C21H25ClN2O5S. The number of rotatable bonds is 9. The third-order valence-electron chi connectivity index (χ3n) is 4.51. The average molecular weight is 453 g/mol. The van der Waals surface area contributed by atoms with Crippen molar-refractivity contribution in [3.8, 4) is 0 Å². The molecule has 0 aromatic heterocycles. The zero-order chi connectivity index (χ0) is 22.3. The Labute approximate surface area is 182 Å². The minimum Gasteiger partial charge on any atom is -0.452 e. The monoisotopic (exact) mass is 452 g/mol. The van der Waals surface area contributed by atoms with E-state index >= 15 is 0 Å². The SMILES string of the molecule is CCN(C(=O)COC(=O)c1cc(S(=O)(=O)N(CC)CC)ccc1Cl)c1ccccc1. The highest BCUT2D eigenvalue weighted by molar-refractivity contribution is 7.89. The van der Waals surface area contributed by atoms with E-state index in [1.165, 1.54) is 27.4 Å². The predicted octanol–water partition coefficient (Wildman–Crippen LogP) is 3.58. The molecule has 0 fully saturated rings. The molecule has 2 aromatic rings. The van der Waals surface area contributed by atoms with E-state index in [-0.39, 0.29) is 15.5 Å². The van der Waals surface area contributed by atoms with E-state index in [2.05, 4.69) is 0 Å². The van der Waals surface area contributed by atoms with Crippen molar-refractivity contribution in [2.24, 2.45) is 0 Å². The molecule has 0 bridgehead atoms. The van der Waals surface area contributed by atoms with Crippen molar-refractivity contribution in [3.63, 3.8) is 0 Å². The van der Waals surface area contributed by atoms with Gasteiger partial charge in [-0.05, 0) is 37.3 Å². The second-order valence-corrected chi connectivity index (χ2v) is 8.63. The Morgan fingerprint density at radius 3 is 2.17 bits per heavy atom. The van der Waals surface area contributed by atoms with E-state index in [1.807, 2.05) is 13.0 Å². The van der Waals surface area contributed by atoms with Crippen molar-refractivity contribution in [2.75, 3.05) is 31.1 Å². The lowest BCUT2D eigenvalue weighted by Gasteiger charge is -2.21. The van der Waals surface area contributed by atoms with Crippen molar-refractivity contribution in [1.29, 1.82) is 0 Å². The molecule has 9 heteroatoms. The molecule has 1 amide bonds. The fourth-order valence-electron chi connectivity index (χ4n) is 2.93. The van der Waals surface area contributed by atoms with Gasteiger partial charge in [0.05, 0.1) is 15.5 Å². The molecule has 162 valence electrons. The number of esters is 1. The number of likely N-dealkylation sites (N-methyl/N-ethyl adjacent to an activating group) is 1. The Bertz CT molecular complexity index is 992. The van der Waals surface area contributed by atoms with E-state index in [0.29, 0.717) is 25.3 Å². The van der Waals surface area contributed by atoms with Gasteiger partial charge in [-0.1, -0.05) is 43.6 Å². The number of carbonyl (C=O) groups excluding carboxylic acids is 2. The third kappa shape index (κ3) is 5.38. The highest BCUT2D eigenvalue weighted by Gasteiger charge is 2.25. The Morgan fingerprint density at radius 1 is 0.967 bits per heavy atom. The van der Waals surface area contributed by atoms with E-state index in [0.717, 1.165) is 0 Å². The summed E-state index contributed by atoms with van der Waals surface area (Å²) in [4.78, 5) is 26.4. The molecule has 7 nitrogen and oxygen atoms in total. The van der Waals surface area contributed by atoms with Gasteiger partial charge in [-0.2, -0.15) is 4.31 Å². The van der Waals surface area contributed by atoms with Crippen LogP contribution in [0.3, 0.4) is 0 Å². The topological polar surface area (TPSA) is 84.0 Å². The lowest BCUT2D eigenvalue weighted by molar-refractivity contribution is -0.121. The van der Waals surface area contributed by atoms with E-state index < -0.39 is 28.5 Å². The molecule has 0 saturated carbocycles. The molecule has 2 aromatic carbocycles. The molecule has 0 spiro atoms. The molecule has 0 aliphatic carbocycles. The van der Waals surface area contributed by atoms with Gasteiger partial charge in [0.1, 0.15) is 0 Å². The lowest BCUT2D eigenvalue weighted by Crippen LogP contribution is -2.34. The number of benzene rings is 2. The number of sulfonamides is 1. The number of amides is 1. The summed E-state index contributed by atoms with van der Waals surface area (Å²) >= 11 is 6.08. The van der Waals surface area contributed by atoms with Gasteiger partial charge in [0, 0.05) is 25.3 Å². The van der Waals surface area contributed by atoms with Crippen molar-refractivity contribution in [1.82, 2.24) is 4.31 Å². The summed E-state index contributed by atoms with van der Waals surface area (Å²) in [7, 11) is -3.77. The first kappa shape index (κ1) is 23.9. The summed E-state index contributed by atoms with van der Waals surface area (Å²) in [6, 6.07) is 12.9. The number of carbonyl (C=O) groups is 2. The van der Waals surface area contributed by atoms with Gasteiger partial charge in [0.2, 0.25) is 10.0 Å². The second kappa shape index (κ2) is 10.6. The molecule has 0 saturated heterocycles. The summed E-state index contributed by atoms with van der Waals surface area (Å²) in [5.74, 6) is -1.27. The predicted molar refractivity (Wildman–Crippen MR) is 116 cm³/mol. The first-order chi connectivity index (χ1) is 14.3. The summed E-state index contributed by atoms with van der Waals surface area (Å²) in [5.41, 5.74) is 0.576. The molecule has 0 unspecified atom stereocenters. The van der Waals surface area contributed by atoms with Crippen LogP contribution in [0.25, 0.3) is 0 Å². The number of anilines is 1. The Hall–Kier alpha value is -2.42. The Balaban J connectivity index is 2.18. The highest BCUT2D eigenvalue weighted by Crippen LogP contribution is 2.24. The van der Waals surface area contributed by atoms with Crippen LogP contribution in [0.4, 0.5) is 5.69 Å². The first-order valence-electron chi connectivity index (χ1n) is 9.58. The van der Waals surface area contributed by atoms with Crippen LogP contribution in [0.1, 0.15) is 31.1 Å². The summed E-state index contributed by atoms with van der Waals surface area (Å²) in [5, 5.41) is 0.0429. The van der Waals surface area contributed by atoms with Crippen molar-refractivity contribution >= 4 is 39.2 Å². The van der Waals surface area contributed by atoms with Crippen LogP contribution in [0.5, 0.6) is 0 Å². The number of para-hydroxylation sites is 1. The Kier molecular flexibility index (Phi) is 8.40. The van der Waals surface area contributed by atoms with Gasteiger partial charge in [-0.25, -0.2) is 13.2 Å². The summed E-state index contributed by atoms with van der Waals surface area (Å²) in [6.45, 7) is 5.76. The molecule has 30 heavy (non-hydrogen) atoms. The van der Waals surface area contributed by atoms with Crippen LogP contribution in [0.2, 0.25) is 5.02 Å². The Morgan fingerprint density at radius 2 is 1.60 bits per heavy atom. The molecular weight excluding hydrogens is 428 g/mol. The van der Waals surface area contributed by atoms with Crippen LogP contribution in [-0.4, -0.2) is 50.8 Å². The number of ether oxygens (including phenoxy) is 1. The fourth-order valence-corrected chi connectivity index (χ4v) is 4.61. The van der Waals surface area contributed by atoms with Gasteiger partial charge in [-0.3, -0.25) is 4.79 Å². The van der Waals surface area contributed by atoms with Crippen LogP contribution < -0.4 is 4.90 Å². The summed E-state index contributed by atoms with van der Waals surface area (Å²) in [6.07, 6.45) is 0. The van der Waals surface area contributed by atoms with Gasteiger partial charge in [0.15, 0.2) is 6.61 Å². The van der Waals surface area contributed by atoms with Gasteiger partial charge < -0.3 is 9.64 Å². The van der Waals surface area contributed by atoms with Crippen molar-refractivity contribution in [2.45, 2.75) is 25.7 Å². The lowest BCUT2D eigenvalue weighted by atomic mass is 10.2. The van der Waals surface area contributed by atoms with Gasteiger partial charge in [0.25, 0.3) is 5.91 Å². The normalized spacial score (nSPS) is 11.4. The molecule has 0 atom stereocenters. The number of hydrogen-bond donors (Lipinski definition) is 0. The van der Waals surface area contributed by atoms with Gasteiger partial charge in [-0.15, -0.1) is 0 Å². The van der Waals surface area contributed by atoms with Crippen LogP contribution in [0.15, 0.2) is 53.4 Å². The maximum Gasteiger partial charge on any atom is 0.340 e. The molecule has 0 N–H and O–H groups in total. The molecule has 0 radical (unpaired) electrons. The van der Waals surface area contributed by atoms with E-state index in [1.54, 1.807) is 38.1 Å². The van der Waals surface area contributed by atoms with E-state index in [9.17, 15) is 18.0 Å². The highest BCUT2D eigenvalue weighted by atomic mass is 35.5. The van der Waals surface area contributed by atoms with Crippen molar-refractivity contribution < 1.29 is 22.7 Å². The average Bonchev–Trinajstić information content (AvgIpc) is 2.74. The van der Waals surface area contributed by atoms with Gasteiger partial charge >= 0.3 is 5.97 Å². The van der Waals surface area contributed by atoms with Crippen LogP contribution in [0, 0.1) is 0 Å². The fraction of sp³-hybridized carbons (Fsp3) is 0.333. The minimum atomic E-state index is -3.77. The third-order valence-corrected chi connectivity index (χ3v) is 6.89. The largest absolute Gasteiger partial charge is 0.452 e. The smallest absolute Gasteiger partial charge is 0.340 e. The number of nitrogens with zero attached hydrogens (tertiary/aromatic N) is 2. The summed E-state index contributed by atoms with van der Waals surface area (Å²) < 4.78 is 31.8. The molecule has 0 heterocycles. The maximum atomic E-state index is 12.7. The molecule has 2 rings (SSSR count). The van der Waals surface area contributed by atoms with E-state index in [4.69, 9.17) is 16.3 Å². The first-order valence-corrected chi connectivity index (χ1v) is 11.4. The second-order valence-electron chi connectivity index (χ2n) is 6.28. The quantitative estimate of drug-likeness (QED) is 0.543. The molecule has 0 aliphatic rings.